The predicted molar refractivity (Wildman–Crippen MR) is 111 cm³/mol. The summed E-state index contributed by atoms with van der Waals surface area (Å²) in [5, 5.41) is 3.13. The van der Waals surface area contributed by atoms with Crippen LogP contribution in [0.3, 0.4) is 0 Å². The van der Waals surface area contributed by atoms with Gasteiger partial charge in [-0.3, -0.25) is 4.79 Å². The van der Waals surface area contributed by atoms with Crippen LogP contribution in [-0.2, 0) is 0 Å². The first-order chi connectivity index (χ1) is 13.7. The molecule has 0 saturated carbocycles. The first kappa shape index (κ1) is 19.2. The minimum atomic E-state index is -0.280. The zero-order valence-electron chi connectivity index (χ0n) is 15.8. The zero-order chi connectivity index (χ0) is 19.8. The Labute approximate surface area is 165 Å². The summed E-state index contributed by atoms with van der Waals surface area (Å²) in [4.78, 5) is 12.9. The molecule has 3 aromatic rings. The Morgan fingerprint density at radius 3 is 2.36 bits per heavy atom. The first-order valence-electron chi connectivity index (χ1n) is 9.05. The van der Waals surface area contributed by atoms with Crippen LogP contribution in [0.5, 0.6) is 11.5 Å². The Balaban J connectivity index is 1.86. The Morgan fingerprint density at radius 1 is 0.964 bits per heavy atom. The van der Waals surface area contributed by atoms with Gasteiger partial charge < -0.3 is 14.8 Å². The van der Waals surface area contributed by atoms with Gasteiger partial charge in [-0.1, -0.05) is 61.2 Å². The smallest absolute Gasteiger partial charge is 0.252 e. The van der Waals surface area contributed by atoms with Crippen molar-refractivity contribution in [2.24, 2.45) is 0 Å². The number of benzene rings is 3. The number of carbonyl (C=O) groups excluding carboxylic acids is 1. The van der Waals surface area contributed by atoms with E-state index >= 15 is 0 Å². The van der Waals surface area contributed by atoms with Gasteiger partial charge in [0.2, 0.25) is 0 Å². The largest absolute Gasteiger partial charge is 0.497 e. The maximum atomic E-state index is 12.9. The van der Waals surface area contributed by atoms with E-state index in [0.29, 0.717) is 17.9 Å². The van der Waals surface area contributed by atoms with Crippen molar-refractivity contribution >= 4 is 5.91 Å². The van der Waals surface area contributed by atoms with E-state index in [1.54, 1.807) is 31.4 Å². The van der Waals surface area contributed by atoms with Crippen LogP contribution >= 0.6 is 0 Å². The fraction of sp³-hybridized carbons (Fsp3) is 0.125. The number of carbonyl (C=O) groups is 1. The van der Waals surface area contributed by atoms with Gasteiger partial charge in [0, 0.05) is 5.56 Å². The topological polar surface area (TPSA) is 47.6 Å². The number of ether oxygens (including phenoxy) is 2. The lowest BCUT2D eigenvalue weighted by molar-refractivity contribution is 0.0942. The molecule has 4 nitrogen and oxygen atoms in total. The lowest BCUT2D eigenvalue weighted by atomic mass is 9.98. The molecule has 3 rings (SSSR count). The standard InChI is InChI=1S/C24H23NO3/c1-3-16-28-22-11-7-10-20(17-22)24(26)25-23(18-8-5-4-6-9-18)19-12-14-21(27-2)15-13-19/h3-15,17,23H,1,16H2,2H3,(H,25,26)/t23-/m1/s1. The summed E-state index contributed by atoms with van der Waals surface area (Å²) in [6.07, 6.45) is 1.67. The number of nitrogens with one attached hydrogen (secondary N) is 1. The Bertz CT molecular complexity index is 920. The Morgan fingerprint density at radius 2 is 1.68 bits per heavy atom. The average Bonchev–Trinajstić information content (AvgIpc) is 2.77. The molecule has 0 heterocycles. The molecule has 1 N–H and O–H groups in total. The fourth-order valence-electron chi connectivity index (χ4n) is 2.90. The molecule has 28 heavy (non-hydrogen) atoms. The predicted octanol–water partition coefficient (Wildman–Crippen LogP) is 4.78. The van der Waals surface area contributed by atoms with Crippen LogP contribution in [0.1, 0.15) is 27.5 Å². The normalized spacial score (nSPS) is 11.3. The van der Waals surface area contributed by atoms with Crippen molar-refractivity contribution in [2.75, 3.05) is 13.7 Å². The SMILES string of the molecule is C=CCOc1cccc(C(=O)N[C@H](c2ccccc2)c2ccc(OC)cc2)c1. The van der Waals surface area contributed by atoms with Crippen molar-refractivity contribution in [1.29, 1.82) is 0 Å². The molecule has 142 valence electrons. The first-order valence-corrected chi connectivity index (χ1v) is 9.05. The van der Waals surface area contributed by atoms with Crippen molar-refractivity contribution in [3.05, 3.63) is 108 Å². The molecule has 4 heteroatoms. The molecule has 0 saturated heterocycles. The van der Waals surface area contributed by atoms with Crippen molar-refractivity contribution in [3.63, 3.8) is 0 Å². The second-order valence-electron chi connectivity index (χ2n) is 6.22. The van der Waals surface area contributed by atoms with E-state index in [2.05, 4.69) is 11.9 Å². The van der Waals surface area contributed by atoms with Crippen LogP contribution in [0.25, 0.3) is 0 Å². The summed E-state index contributed by atoms with van der Waals surface area (Å²) < 4.78 is 10.8. The van der Waals surface area contributed by atoms with Gasteiger partial charge in [-0.05, 0) is 41.5 Å². The molecule has 3 aromatic carbocycles. The molecule has 0 spiro atoms. The van der Waals surface area contributed by atoms with Crippen molar-refractivity contribution in [1.82, 2.24) is 5.32 Å². The lowest BCUT2D eigenvalue weighted by Gasteiger charge is -2.20. The number of amides is 1. The highest BCUT2D eigenvalue weighted by Crippen LogP contribution is 2.25. The third-order valence-corrected chi connectivity index (χ3v) is 4.32. The summed E-state index contributed by atoms with van der Waals surface area (Å²) in [5.74, 6) is 1.23. The molecule has 0 bridgehead atoms. The minimum Gasteiger partial charge on any atom is -0.497 e. The zero-order valence-corrected chi connectivity index (χ0v) is 15.8. The van der Waals surface area contributed by atoms with Gasteiger partial charge in [-0.25, -0.2) is 0 Å². The fourth-order valence-corrected chi connectivity index (χ4v) is 2.90. The summed E-state index contributed by atoms with van der Waals surface area (Å²) in [6.45, 7) is 4.03. The molecular formula is C24H23NO3. The van der Waals surface area contributed by atoms with Gasteiger partial charge in [0.05, 0.1) is 13.2 Å². The van der Waals surface area contributed by atoms with E-state index in [1.807, 2.05) is 60.7 Å². The van der Waals surface area contributed by atoms with Crippen LogP contribution in [-0.4, -0.2) is 19.6 Å². The Hall–Kier alpha value is -3.53. The number of hydrogen-bond acceptors (Lipinski definition) is 3. The quantitative estimate of drug-likeness (QED) is 0.578. The molecule has 0 aromatic heterocycles. The molecule has 1 amide bonds. The van der Waals surface area contributed by atoms with E-state index in [4.69, 9.17) is 9.47 Å². The highest BCUT2D eigenvalue weighted by atomic mass is 16.5. The highest BCUT2D eigenvalue weighted by Gasteiger charge is 2.18. The van der Waals surface area contributed by atoms with Gasteiger partial charge in [0.25, 0.3) is 5.91 Å². The monoisotopic (exact) mass is 373 g/mol. The van der Waals surface area contributed by atoms with Crippen LogP contribution in [0, 0.1) is 0 Å². The van der Waals surface area contributed by atoms with E-state index in [-0.39, 0.29) is 11.9 Å². The maximum Gasteiger partial charge on any atom is 0.252 e. The van der Waals surface area contributed by atoms with Gasteiger partial charge >= 0.3 is 0 Å². The molecule has 0 radical (unpaired) electrons. The molecule has 0 fully saturated rings. The number of hydrogen-bond donors (Lipinski definition) is 1. The summed E-state index contributed by atoms with van der Waals surface area (Å²) in [6, 6.07) is 24.4. The average molecular weight is 373 g/mol. The van der Waals surface area contributed by atoms with E-state index in [0.717, 1.165) is 16.9 Å². The third kappa shape index (κ3) is 4.80. The molecule has 0 aliphatic heterocycles. The Kier molecular flexibility index (Phi) is 6.47. The summed E-state index contributed by atoms with van der Waals surface area (Å²) >= 11 is 0. The molecule has 1 atom stereocenters. The van der Waals surface area contributed by atoms with E-state index in [9.17, 15) is 4.79 Å². The van der Waals surface area contributed by atoms with Gasteiger partial charge in [0.15, 0.2) is 0 Å². The van der Waals surface area contributed by atoms with E-state index < -0.39 is 0 Å². The summed E-state index contributed by atoms with van der Waals surface area (Å²) in [7, 11) is 1.63. The lowest BCUT2D eigenvalue weighted by Crippen LogP contribution is -2.29. The van der Waals surface area contributed by atoms with Crippen molar-refractivity contribution in [3.8, 4) is 11.5 Å². The molecule has 0 aliphatic carbocycles. The third-order valence-electron chi connectivity index (χ3n) is 4.32. The van der Waals surface area contributed by atoms with Gasteiger partial charge in [0.1, 0.15) is 18.1 Å². The van der Waals surface area contributed by atoms with Crippen LogP contribution < -0.4 is 14.8 Å². The van der Waals surface area contributed by atoms with Gasteiger partial charge in [-0.15, -0.1) is 0 Å². The molecule has 0 unspecified atom stereocenters. The van der Waals surface area contributed by atoms with Crippen molar-refractivity contribution < 1.29 is 14.3 Å². The highest BCUT2D eigenvalue weighted by molar-refractivity contribution is 5.95. The van der Waals surface area contributed by atoms with Crippen LogP contribution in [0.4, 0.5) is 0 Å². The second-order valence-corrected chi connectivity index (χ2v) is 6.22. The minimum absolute atomic E-state index is 0.172. The van der Waals surface area contributed by atoms with Gasteiger partial charge in [-0.2, -0.15) is 0 Å². The van der Waals surface area contributed by atoms with Crippen LogP contribution in [0.2, 0.25) is 0 Å². The molecule has 0 aliphatic rings. The summed E-state index contributed by atoms with van der Waals surface area (Å²) in [5.41, 5.74) is 2.51. The van der Waals surface area contributed by atoms with Crippen LogP contribution in [0.15, 0.2) is 91.5 Å². The number of methoxy groups -OCH3 is 1. The number of rotatable bonds is 8. The second kappa shape index (κ2) is 9.42. The van der Waals surface area contributed by atoms with E-state index in [1.165, 1.54) is 0 Å². The maximum absolute atomic E-state index is 12.9. The molecular weight excluding hydrogens is 350 g/mol. The van der Waals surface area contributed by atoms with Crippen molar-refractivity contribution in [2.45, 2.75) is 6.04 Å².